The third-order valence-corrected chi connectivity index (χ3v) is 3.30. The van der Waals surface area contributed by atoms with Crippen molar-refractivity contribution in [3.05, 3.63) is 47.7 Å². The summed E-state index contributed by atoms with van der Waals surface area (Å²) in [6.07, 6.45) is 3.31. The third kappa shape index (κ3) is 2.52. The second-order valence-corrected chi connectivity index (χ2v) is 4.85. The highest BCUT2D eigenvalue weighted by atomic mass is 16.5. The fourth-order valence-corrected chi connectivity index (χ4v) is 2.37. The van der Waals surface area contributed by atoms with E-state index in [1.165, 1.54) is 0 Å². The van der Waals surface area contributed by atoms with Gasteiger partial charge in [-0.1, -0.05) is 30.3 Å². The average Bonchev–Trinajstić information content (AvgIpc) is 3.05. The lowest BCUT2D eigenvalue weighted by Crippen LogP contribution is -2.00. The van der Waals surface area contributed by atoms with E-state index in [-0.39, 0.29) is 5.56 Å². The Bertz CT molecular complexity index is 788. The zero-order valence-electron chi connectivity index (χ0n) is 11.6. The van der Waals surface area contributed by atoms with Gasteiger partial charge < -0.3 is 14.2 Å². The number of carbonyl (C=O) groups is 1. The maximum absolute atomic E-state index is 11.3. The molecule has 0 atom stereocenters. The molecule has 0 aliphatic heterocycles. The number of aromatic carboxylic acids is 1. The lowest BCUT2D eigenvalue weighted by Gasteiger charge is -2.00. The first kappa shape index (κ1) is 13.4. The summed E-state index contributed by atoms with van der Waals surface area (Å²) in [5.41, 5.74) is 1.12. The first-order valence-electron chi connectivity index (χ1n) is 6.81. The number of carboxylic acid groups (broad SMARTS) is 1. The molecule has 0 spiro atoms. The van der Waals surface area contributed by atoms with Crippen LogP contribution < -0.4 is 0 Å². The zero-order chi connectivity index (χ0) is 14.8. The average molecular weight is 285 g/mol. The zero-order valence-corrected chi connectivity index (χ0v) is 11.6. The van der Waals surface area contributed by atoms with Gasteiger partial charge in [-0.05, 0) is 12.5 Å². The van der Waals surface area contributed by atoms with Crippen LogP contribution >= 0.6 is 0 Å². The molecule has 1 aromatic carbocycles. The summed E-state index contributed by atoms with van der Waals surface area (Å²) in [5.74, 6) is 0.225. The highest BCUT2D eigenvalue weighted by Gasteiger charge is 2.15. The summed E-state index contributed by atoms with van der Waals surface area (Å²) in [4.78, 5) is 15.6. The molecule has 108 valence electrons. The molecule has 0 saturated carbocycles. The first-order chi connectivity index (χ1) is 10.2. The van der Waals surface area contributed by atoms with Crippen LogP contribution in [0.1, 0.15) is 35.4 Å². The minimum absolute atomic E-state index is 0.280. The predicted octanol–water partition coefficient (Wildman–Crippen LogP) is 2.72. The number of nitrogens with zero attached hydrogens (tertiary/aromatic N) is 3. The van der Waals surface area contributed by atoms with Gasteiger partial charge in [0, 0.05) is 23.5 Å². The Morgan fingerprint density at radius 3 is 2.95 bits per heavy atom. The lowest BCUT2D eigenvalue weighted by molar-refractivity contribution is 0.0699. The monoisotopic (exact) mass is 285 g/mol. The van der Waals surface area contributed by atoms with E-state index in [4.69, 9.17) is 4.52 Å². The van der Waals surface area contributed by atoms with Gasteiger partial charge in [0.15, 0.2) is 5.82 Å². The molecular formula is C15H15N3O3. The van der Waals surface area contributed by atoms with Crippen molar-refractivity contribution in [2.45, 2.75) is 26.3 Å². The van der Waals surface area contributed by atoms with Crippen LogP contribution in [-0.2, 0) is 13.0 Å². The van der Waals surface area contributed by atoms with Crippen LogP contribution in [0, 0.1) is 0 Å². The molecule has 0 fully saturated rings. The standard InChI is InChI=1S/C15H15N3O3/c1-2-5-14-16-13(17-21-14)9-18-8-11(15(19)20)10-6-3-4-7-12(10)18/h3-4,6-8H,2,5,9H2,1H3,(H,19,20). The van der Waals surface area contributed by atoms with Crippen LogP contribution in [0.3, 0.4) is 0 Å². The SMILES string of the molecule is CCCc1nc(Cn2cc(C(=O)O)c3ccccc32)no1. The molecule has 6 nitrogen and oxygen atoms in total. The van der Waals surface area contributed by atoms with Gasteiger partial charge in [-0.15, -0.1) is 0 Å². The van der Waals surface area contributed by atoms with Crippen LogP contribution in [0.5, 0.6) is 0 Å². The number of aromatic nitrogens is 3. The molecule has 0 saturated heterocycles. The fourth-order valence-electron chi connectivity index (χ4n) is 2.37. The van der Waals surface area contributed by atoms with E-state index in [0.717, 1.165) is 18.4 Å². The second-order valence-electron chi connectivity index (χ2n) is 4.85. The van der Waals surface area contributed by atoms with Crippen molar-refractivity contribution < 1.29 is 14.4 Å². The minimum atomic E-state index is -0.940. The molecule has 0 aliphatic carbocycles. The third-order valence-electron chi connectivity index (χ3n) is 3.30. The van der Waals surface area contributed by atoms with E-state index >= 15 is 0 Å². The number of hydrogen-bond acceptors (Lipinski definition) is 4. The van der Waals surface area contributed by atoms with E-state index < -0.39 is 5.97 Å². The van der Waals surface area contributed by atoms with Gasteiger partial charge >= 0.3 is 5.97 Å². The predicted molar refractivity (Wildman–Crippen MR) is 76.3 cm³/mol. The smallest absolute Gasteiger partial charge is 0.337 e. The van der Waals surface area contributed by atoms with Crippen molar-refractivity contribution in [3.8, 4) is 0 Å². The van der Waals surface area contributed by atoms with Crippen molar-refractivity contribution in [2.24, 2.45) is 0 Å². The summed E-state index contributed by atoms with van der Waals surface area (Å²) < 4.78 is 6.99. The van der Waals surface area contributed by atoms with Crippen molar-refractivity contribution in [1.82, 2.24) is 14.7 Å². The van der Waals surface area contributed by atoms with E-state index in [1.54, 1.807) is 12.3 Å². The van der Waals surface area contributed by atoms with Crippen LogP contribution in [0.4, 0.5) is 0 Å². The van der Waals surface area contributed by atoms with Crippen molar-refractivity contribution in [2.75, 3.05) is 0 Å². The maximum Gasteiger partial charge on any atom is 0.337 e. The minimum Gasteiger partial charge on any atom is -0.478 e. The van der Waals surface area contributed by atoms with Gasteiger partial charge in [-0.3, -0.25) is 0 Å². The van der Waals surface area contributed by atoms with Crippen LogP contribution in [0.25, 0.3) is 10.9 Å². The Kier molecular flexibility index (Phi) is 3.43. The maximum atomic E-state index is 11.3. The molecule has 0 radical (unpaired) electrons. The number of fused-ring (bicyclic) bond motifs is 1. The molecule has 0 amide bonds. The van der Waals surface area contributed by atoms with Crippen LogP contribution in [-0.4, -0.2) is 25.8 Å². The highest BCUT2D eigenvalue weighted by Crippen LogP contribution is 2.22. The molecule has 6 heteroatoms. The largest absolute Gasteiger partial charge is 0.478 e. The summed E-state index contributed by atoms with van der Waals surface area (Å²) >= 11 is 0. The lowest BCUT2D eigenvalue weighted by atomic mass is 10.2. The second kappa shape index (κ2) is 5.40. The summed E-state index contributed by atoms with van der Waals surface area (Å²) in [7, 11) is 0. The van der Waals surface area contributed by atoms with Crippen molar-refractivity contribution in [3.63, 3.8) is 0 Å². The topological polar surface area (TPSA) is 81.2 Å². The summed E-state index contributed by atoms with van der Waals surface area (Å²) in [6, 6.07) is 7.39. The molecule has 2 aromatic heterocycles. The quantitative estimate of drug-likeness (QED) is 0.779. The Hall–Kier alpha value is -2.63. The number of hydrogen-bond donors (Lipinski definition) is 1. The molecule has 3 aromatic rings. The van der Waals surface area contributed by atoms with Gasteiger partial charge in [-0.25, -0.2) is 4.79 Å². The molecular weight excluding hydrogens is 270 g/mol. The van der Waals surface area contributed by atoms with E-state index in [9.17, 15) is 9.90 Å². The molecule has 21 heavy (non-hydrogen) atoms. The Labute approximate surface area is 121 Å². The van der Waals surface area contributed by atoms with E-state index in [0.29, 0.717) is 23.6 Å². The van der Waals surface area contributed by atoms with Gasteiger partial charge in [-0.2, -0.15) is 4.98 Å². The van der Waals surface area contributed by atoms with Crippen LogP contribution in [0.15, 0.2) is 35.0 Å². The van der Waals surface area contributed by atoms with Gasteiger partial charge in [0.05, 0.1) is 12.1 Å². The highest BCUT2D eigenvalue weighted by molar-refractivity contribution is 6.03. The number of aryl methyl sites for hydroxylation is 1. The summed E-state index contributed by atoms with van der Waals surface area (Å²) in [6.45, 7) is 2.43. The molecule has 3 rings (SSSR count). The van der Waals surface area contributed by atoms with Gasteiger partial charge in [0.25, 0.3) is 0 Å². The van der Waals surface area contributed by atoms with E-state index in [2.05, 4.69) is 10.1 Å². The van der Waals surface area contributed by atoms with Crippen molar-refractivity contribution >= 4 is 16.9 Å². The molecule has 0 bridgehead atoms. The van der Waals surface area contributed by atoms with E-state index in [1.807, 2.05) is 29.7 Å². The molecule has 0 unspecified atom stereocenters. The Morgan fingerprint density at radius 1 is 1.38 bits per heavy atom. The number of para-hydroxylation sites is 1. The normalized spacial score (nSPS) is 11.1. The number of benzene rings is 1. The van der Waals surface area contributed by atoms with Gasteiger partial charge in [0.1, 0.15) is 0 Å². The van der Waals surface area contributed by atoms with Crippen molar-refractivity contribution in [1.29, 1.82) is 0 Å². The van der Waals surface area contributed by atoms with Crippen LogP contribution in [0.2, 0.25) is 0 Å². The first-order valence-corrected chi connectivity index (χ1v) is 6.81. The fraction of sp³-hybridized carbons (Fsp3) is 0.267. The Morgan fingerprint density at radius 2 is 2.19 bits per heavy atom. The number of carboxylic acids is 1. The van der Waals surface area contributed by atoms with Gasteiger partial charge in [0.2, 0.25) is 5.89 Å². The summed E-state index contributed by atoms with van der Waals surface area (Å²) in [5, 5.41) is 13.9. The number of rotatable bonds is 5. The molecule has 2 heterocycles. The molecule has 1 N–H and O–H groups in total. The Balaban J connectivity index is 1.98. The molecule has 0 aliphatic rings.